The summed E-state index contributed by atoms with van der Waals surface area (Å²) in [6.07, 6.45) is 0. The highest BCUT2D eigenvalue weighted by molar-refractivity contribution is 9.09. The van der Waals surface area contributed by atoms with Crippen LogP contribution in [0.5, 0.6) is 0 Å². The second kappa shape index (κ2) is 4.42. The molecule has 92 valence electrons. The second-order valence-electron chi connectivity index (χ2n) is 4.00. The summed E-state index contributed by atoms with van der Waals surface area (Å²) in [6, 6.07) is 7.09. The van der Waals surface area contributed by atoms with E-state index in [-0.39, 0.29) is 6.04 Å². The molecule has 0 saturated heterocycles. The van der Waals surface area contributed by atoms with E-state index in [0.29, 0.717) is 16.3 Å². The van der Waals surface area contributed by atoms with E-state index in [1.807, 2.05) is 24.9 Å². The molecular formula is C11H13BrN2O2S. The summed E-state index contributed by atoms with van der Waals surface area (Å²) in [7, 11) is -1.66. The number of hydrogen-bond donors (Lipinski definition) is 0. The van der Waals surface area contributed by atoms with Crippen LogP contribution in [0.25, 0.3) is 0 Å². The summed E-state index contributed by atoms with van der Waals surface area (Å²) in [5.41, 5.74) is 0.683. The zero-order chi connectivity index (χ0) is 12.6. The molecule has 0 spiro atoms. The van der Waals surface area contributed by atoms with E-state index in [1.54, 1.807) is 18.2 Å². The van der Waals surface area contributed by atoms with Crippen molar-refractivity contribution in [1.29, 1.82) is 0 Å². The molecule has 1 aromatic carbocycles. The number of rotatable bonds is 2. The molecule has 2 rings (SSSR count). The van der Waals surface area contributed by atoms with Crippen molar-refractivity contribution in [3.63, 3.8) is 0 Å². The van der Waals surface area contributed by atoms with Gasteiger partial charge in [0.15, 0.2) is 5.84 Å². The molecule has 1 aromatic rings. The van der Waals surface area contributed by atoms with Gasteiger partial charge in [0.25, 0.3) is 10.0 Å². The van der Waals surface area contributed by atoms with Gasteiger partial charge in [0.05, 0.1) is 0 Å². The molecule has 0 fully saturated rings. The maximum absolute atomic E-state index is 11.9. The van der Waals surface area contributed by atoms with Gasteiger partial charge in [-0.05, 0) is 19.1 Å². The van der Waals surface area contributed by atoms with Gasteiger partial charge in [-0.25, -0.2) is 0 Å². The molecule has 0 aliphatic carbocycles. The van der Waals surface area contributed by atoms with E-state index in [0.717, 1.165) is 5.33 Å². The highest BCUT2D eigenvalue weighted by Crippen LogP contribution is 2.27. The summed E-state index contributed by atoms with van der Waals surface area (Å²) < 4.78 is 27.6. The van der Waals surface area contributed by atoms with Crippen molar-refractivity contribution in [2.75, 3.05) is 12.4 Å². The fraction of sp³-hybridized carbons (Fsp3) is 0.364. The van der Waals surface area contributed by atoms with Crippen molar-refractivity contribution in [3.05, 3.63) is 29.8 Å². The van der Waals surface area contributed by atoms with Crippen LogP contribution >= 0.6 is 15.9 Å². The van der Waals surface area contributed by atoms with Crippen LogP contribution in [-0.4, -0.2) is 37.6 Å². The number of halogens is 1. The van der Waals surface area contributed by atoms with Gasteiger partial charge in [-0.3, -0.25) is 0 Å². The van der Waals surface area contributed by atoms with Crippen LogP contribution in [0.3, 0.4) is 0 Å². The summed E-state index contributed by atoms with van der Waals surface area (Å²) in [4.78, 5) is 2.17. The first-order valence-corrected chi connectivity index (χ1v) is 7.76. The molecule has 0 aromatic heterocycles. The summed E-state index contributed by atoms with van der Waals surface area (Å²) in [6.45, 7) is 2.00. The summed E-state index contributed by atoms with van der Waals surface area (Å²) >= 11 is 3.38. The van der Waals surface area contributed by atoms with Gasteiger partial charge in [0.2, 0.25) is 0 Å². The molecule has 17 heavy (non-hydrogen) atoms. The number of alkyl halides is 1. The third-order valence-electron chi connectivity index (χ3n) is 2.83. The highest BCUT2D eigenvalue weighted by Gasteiger charge is 2.31. The molecule has 0 N–H and O–H groups in total. The number of benzene rings is 1. The zero-order valence-electron chi connectivity index (χ0n) is 9.59. The monoisotopic (exact) mass is 316 g/mol. The van der Waals surface area contributed by atoms with E-state index in [4.69, 9.17) is 0 Å². The molecule has 4 nitrogen and oxygen atoms in total. The molecule has 0 saturated carbocycles. The number of fused-ring (bicyclic) bond motifs is 1. The fourth-order valence-corrected chi connectivity index (χ4v) is 3.33. The molecule has 1 aliphatic rings. The Hall–Kier alpha value is -0.880. The fourth-order valence-electron chi connectivity index (χ4n) is 1.66. The van der Waals surface area contributed by atoms with Gasteiger partial charge in [0, 0.05) is 24.0 Å². The van der Waals surface area contributed by atoms with E-state index < -0.39 is 10.0 Å². The Morgan fingerprint density at radius 3 is 2.71 bits per heavy atom. The molecule has 1 aliphatic heterocycles. The Morgan fingerprint density at radius 1 is 1.41 bits per heavy atom. The Morgan fingerprint density at radius 2 is 2.06 bits per heavy atom. The average Bonchev–Trinajstić information content (AvgIpc) is 2.60. The number of hydrogen-bond acceptors (Lipinski definition) is 3. The molecule has 0 radical (unpaired) electrons. The first-order chi connectivity index (χ1) is 7.97. The number of sulfonamides is 1. The van der Waals surface area contributed by atoms with Gasteiger partial charge in [-0.2, -0.15) is 8.42 Å². The molecule has 0 bridgehead atoms. The lowest BCUT2D eigenvalue weighted by molar-refractivity contribution is 0.426. The van der Waals surface area contributed by atoms with Crippen LogP contribution in [0.15, 0.2) is 33.6 Å². The van der Waals surface area contributed by atoms with Crippen LogP contribution in [0.1, 0.15) is 12.5 Å². The van der Waals surface area contributed by atoms with Crippen molar-refractivity contribution in [2.45, 2.75) is 17.9 Å². The Labute approximate surface area is 110 Å². The minimum absolute atomic E-state index is 0.176. The molecule has 1 heterocycles. The van der Waals surface area contributed by atoms with Crippen molar-refractivity contribution in [3.8, 4) is 0 Å². The first kappa shape index (κ1) is 12.6. The Balaban J connectivity index is 2.52. The Bertz CT molecular complexity index is 569. The van der Waals surface area contributed by atoms with Gasteiger partial charge >= 0.3 is 0 Å². The normalized spacial score (nSPS) is 18.4. The van der Waals surface area contributed by atoms with Crippen LogP contribution in [0, 0.1) is 0 Å². The molecule has 1 atom stereocenters. The average molecular weight is 317 g/mol. The third kappa shape index (κ3) is 2.11. The smallest absolute Gasteiger partial charge is 0.285 e. The third-order valence-corrected chi connectivity index (χ3v) is 5.09. The SMILES string of the molecule is CC(CBr)N(C)C1=NS(=O)(=O)c2ccccc21. The second-order valence-corrected chi connectivity index (χ2v) is 6.22. The highest BCUT2D eigenvalue weighted by atomic mass is 79.9. The van der Waals surface area contributed by atoms with Crippen LogP contribution in [0.4, 0.5) is 0 Å². The van der Waals surface area contributed by atoms with Crippen molar-refractivity contribution < 1.29 is 8.42 Å². The van der Waals surface area contributed by atoms with Crippen molar-refractivity contribution in [2.24, 2.45) is 4.40 Å². The van der Waals surface area contributed by atoms with Gasteiger partial charge < -0.3 is 4.90 Å². The minimum Gasteiger partial charge on any atom is -0.355 e. The van der Waals surface area contributed by atoms with Crippen molar-refractivity contribution >= 4 is 31.8 Å². The molecular weight excluding hydrogens is 304 g/mol. The predicted molar refractivity (Wildman–Crippen MR) is 71.2 cm³/mol. The van der Waals surface area contributed by atoms with E-state index in [2.05, 4.69) is 20.3 Å². The lowest BCUT2D eigenvalue weighted by Crippen LogP contribution is -2.35. The zero-order valence-corrected chi connectivity index (χ0v) is 12.0. The van der Waals surface area contributed by atoms with Crippen LogP contribution < -0.4 is 0 Å². The Kier molecular flexibility index (Phi) is 3.27. The maximum atomic E-state index is 11.9. The molecule has 0 amide bonds. The first-order valence-electron chi connectivity index (χ1n) is 5.20. The van der Waals surface area contributed by atoms with E-state index in [9.17, 15) is 8.42 Å². The summed E-state index contributed by atoms with van der Waals surface area (Å²) in [5.74, 6) is 0.521. The van der Waals surface area contributed by atoms with Gasteiger partial charge in [-0.1, -0.05) is 28.1 Å². The van der Waals surface area contributed by atoms with Gasteiger partial charge in [-0.15, -0.1) is 4.40 Å². The predicted octanol–water partition coefficient (Wildman–Crippen LogP) is 1.85. The summed E-state index contributed by atoms with van der Waals surface area (Å²) in [5, 5.41) is 0.755. The molecule has 1 unspecified atom stereocenters. The quantitative estimate of drug-likeness (QED) is 0.782. The van der Waals surface area contributed by atoms with Crippen LogP contribution in [-0.2, 0) is 10.0 Å². The van der Waals surface area contributed by atoms with E-state index >= 15 is 0 Å². The maximum Gasteiger partial charge on any atom is 0.285 e. The number of amidine groups is 1. The molecule has 6 heteroatoms. The lowest BCUT2D eigenvalue weighted by Gasteiger charge is -2.24. The minimum atomic E-state index is -3.51. The largest absolute Gasteiger partial charge is 0.355 e. The van der Waals surface area contributed by atoms with Crippen molar-refractivity contribution in [1.82, 2.24) is 4.90 Å². The van der Waals surface area contributed by atoms with E-state index in [1.165, 1.54) is 0 Å². The van der Waals surface area contributed by atoms with Gasteiger partial charge in [0.1, 0.15) is 4.90 Å². The number of nitrogens with zero attached hydrogens (tertiary/aromatic N) is 2. The topological polar surface area (TPSA) is 49.7 Å². The standard InChI is InChI=1S/C11H13BrN2O2S/c1-8(7-12)14(2)11-9-5-3-4-6-10(9)17(15,16)13-11/h3-6,8H,7H2,1-2H3. The van der Waals surface area contributed by atoms with Crippen LogP contribution in [0.2, 0.25) is 0 Å². The lowest BCUT2D eigenvalue weighted by atomic mass is 10.2.